The van der Waals surface area contributed by atoms with E-state index in [9.17, 15) is 9.59 Å². The van der Waals surface area contributed by atoms with Gasteiger partial charge in [-0.05, 0) is 24.6 Å². The number of imide groups is 1. The smallest absolute Gasteiger partial charge is 0.249 e. The fourth-order valence-electron chi connectivity index (χ4n) is 2.56. The maximum atomic E-state index is 11.9. The van der Waals surface area contributed by atoms with Crippen molar-refractivity contribution < 1.29 is 9.59 Å². The van der Waals surface area contributed by atoms with E-state index in [1.807, 2.05) is 30.5 Å². The van der Waals surface area contributed by atoms with E-state index in [0.29, 0.717) is 6.54 Å². The number of nitrogens with two attached hydrogens (primary N) is 1. The van der Waals surface area contributed by atoms with Crippen LogP contribution >= 0.6 is 0 Å². The molecule has 1 aliphatic heterocycles. The van der Waals surface area contributed by atoms with Crippen molar-refractivity contribution in [1.82, 2.24) is 4.68 Å². The number of para-hydroxylation sites is 1. The first-order valence-corrected chi connectivity index (χ1v) is 6.37. The van der Waals surface area contributed by atoms with Crippen LogP contribution in [0, 0.1) is 0 Å². The molecule has 19 heavy (non-hydrogen) atoms. The molecule has 5 nitrogen and oxygen atoms in total. The molecule has 2 N–H and O–H groups in total. The van der Waals surface area contributed by atoms with Gasteiger partial charge < -0.3 is 5.73 Å². The molecule has 5 heteroatoms. The minimum Gasteiger partial charge on any atom is -0.330 e. The third-order valence-corrected chi connectivity index (χ3v) is 3.43. The molecule has 0 unspecified atom stereocenters. The first kappa shape index (κ1) is 11.9. The Bertz CT molecular complexity index is 644. The number of hydrogen-bond donors (Lipinski definition) is 1. The van der Waals surface area contributed by atoms with Crippen LogP contribution in [0.4, 0.5) is 0 Å². The average molecular weight is 257 g/mol. The number of nitrogens with zero attached hydrogens (tertiary/aromatic N) is 2. The SMILES string of the molecule is NCCc1cn(N2C(=O)CCC2=O)c2ccccc12. The molecule has 0 radical (unpaired) electrons. The Morgan fingerprint density at radius 3 is 2.47 bits per heavy atom. The van der Waals surface area contributed by atoms with Gasteiger partial charge in [0.15, 0.2) is 0 Å². The van der Waals surface area contributed by atoms with Crippen LogP contribution in [0.15, 0.2) is 30.5 Å². The van der Waals surface area contributed by atoms with Crippen molar-refractivity contribution in [1.29, 1.82) is 0 Å². The highest BCUT2D eigenvalue weighted by atomic mass is 16.2. The number of carbonyl (C=O) groups is 2. The molecule has 2 amide bonds. The largest absolute Gasteiger partial charge is 0.330 e. The quantitative estimate of drug-likeness (QED) is 0.832. The Balaban J connectivity index is 2.18. The summed E-state index contributed by atoms with van der Waals surface area (Å²) in [7, 11) is 0. The highest BCUT2D eigenvalue weighted by Crippen LogP contribution is 2.24. The van der Waals surface area contributed by atoms with E-state index in [1.165, 1.54) is 5.01 Å². The predicted molar refractivity (Wildman–Crippen MR) is 72.2 cm³/mol. The van der Waals surface area contributed by atoms with Crippen LogP contribution in [-0.4, -0.2) is 23.0 Å². The summed E-state index contributed by atoms with van der Waals surface area (Å²) < 4.78 is 1.66. The fraction of sp³-hybridized carbons (Fsp3) is 0.286. The van der Waals surface area contributed by atoms with Crippen LogP contribution in [-0.2, 0) is 16.0 Å². The lowest BCUT2D eigenvalue weighted by Crippen LogP contribution is -2.38. The molecule has 2 heterocycles. The van der Waals surface area contributed by atoms with Gasteiger partial charge in [0, 0.05) is 24.4 Å². The van der Waals surface area contributed by atoms with Crippen LogP contribution in [0.3, 0.4) is 0 Å². The molecule has 0 aliphatic carbocycles. The van der Waals surface area contributed by atoms with Crippen molar-refractivity contribution in [2.75, 3.05) is 11.6 Å². The molecule has 98 valence electrons. The second-order valence-electron chi connectivity index (χ2n) is 4.65. The Hall–Kier alpha value is -2.14. The number of benzene rings is 1. The third kappa shape index (κ3) is 1.82. The molecule has 1 aromatic heterocycles. The maximum absolute atomic E-state index is 11.9. The van der Waals surface area contributed by atoms with Crippen LogP contribution in [0.5, 0.6) is 0 Å². The first-order chi connectivity index (χ1) is 9.22. The molecule has 3 rings (SSSR count). The average Bonchev–Trinajstić information content (AvgIpc) is 2.92. The Morgan fingerprint density at radius 2 is 1.79 bits per heavy atom. The van der Waals surface area contributed by atoms with E-state index < -0.39 is 0 Å². The van der Waals surface area contributed by atoms with Gasteiger partial charge in [0.2, 0.25) is 11.8 Å². The van der Waals surface area contributed by atoms with Gasteiger partial charge in [-0.15, -0.1) is 0 Å². The fourth-order valence-corrected chi connectivity index (χ4v) is 2.56. The molecule has 1 saturated heterocycles. The summed E-state index contributed by atoms with van der Waals surface area (Å²) in [4.78, 5) is 23.7. The normalized spacial score (nSPS) is 15.7. The molecule has 0 atom stereocenters. The zero-order chi connectivity index (χ0) is 13.4. The van der Waals surface area contributed by atoms with Gasteiger partial charge in [-0.3, -0.25) is 14.3 Å². The molecule has 2 aromatic rings. The summed E-state index contributed by atoms with van der Waals surface area (Å²) >= 11 is 0. The maximum Gasteiger partial charge on any atom is 0.249 e. The summed E-state index contributed by atoms with van der Waals surface area (Å²) in [6.45, 7) is 0.538. The minimum atomic E-state index is -0.148. The monoisotopic (exact) mass is 257 g/mol. The van der Waals surface area contributed by atoms with Crippen LogP contribution in [0.1, 0.15) is 18.4 Å². The van der Waals surface area contributed by atoms with E-state index in [4.69, 9.17) is 5.73 Å². The van der Waals surface area contributed by atoms with E-state index in [1.54, 1.807) is 4.68 Å². The van der Waals surface area contributed by atoms with Crippen molar-refractivity contribution in [3.63, 3.8) is 0 Å². The van der Waals surface area contributed by atoms with E-state index in [-0.39, 0.29) is 24.7 Å². The van der Waals surface area contributed by atoms with Gasteiger partial charge in [-0.1, -0.05) is 18.2 Å². The Morgan fingerprint density at radius 1 is 1.11 bits per heavy atom. The second kappa shape index (κ2) is 4.51. The summed E-state index contributed by atoms with van der Waals surface area (Å²) in [6.07, 6.45) is 3.15. The van der Waals surface area contributed by atoms with Crippen molar-refractivity contribution in [3.8, 4) is 0 Å². The molecule has 1 aromatic carbocycles. The number of carbonyl (C=O) groups excluding carboxylic acids is 2. The first-order valence-electron chi connectivity index (χ1n) is 6.37. The van der Waals surface area contributed by atoms with Crippen molar-refractivity contribution in [3.05, 3.63) is 36.0 Å². The molecule has 0 saturated carbocycles. The van der Waals surface area contributed by atoms with E-state index in [2.05, 4.69) is 0 Å². The zero-order valence-electron chi connectivity index (χ0n) is 10.5. The standard InChI is InChI=1S/C14H15N3O2/c15-8-7-10-9-16(12-4-2-1-3-11(10)12)17-13(18)5-6-14(17)19/h1-4,9H,5-8,15H2. The third-order valence-electron chi connectivity index (χ3n) is 3.43. The molecule has 0 bridgehead atoms. The highest BCUT2D eigenvalue weighted by molar-refractivity contribution is 6.15. The lowest BCUT2D eigenvalue weighted by molar-refractivity contribution is -0.123. The minimum absolute atomic E-state index is 0.148. The molecular weight excluding hydrogens is 242 g/mol. The van der Waals surface area contributed by atoms with Crippen LogP contribution < -0.4 is 10.7 Å². The van der Waals surface area contributed by atoms with Crippen molar-refractivity contribution in [2.45, 2.75) is 19.3 Å². The van der Waals surface area contributed by atoms with Gasteiger partial charge in [0.25, 0.3) is 0 Å². The predicted octanol–water partition coefficient (Wildman–Crippen LogP) is 0.927. The molecular formula is C14H15N3O2. The van der Waals surface area contributed by atoms with Gasteiger partial charge in [0.1, 0.15) is 0 Å². The number of rotatable bonds is 3. The number of aromatic nitrogens is 1. The van der Waals surface area contributed by atoms with E-state index >= 15 is 0 Å². The van der Waals surface area contributed by atoms with Crippen molar-refractivity contribution >= 4 is 22.7 Å². The van der Waals surface area contributed by atoms with Crippen molar-refractivity contribution in [2.24, 2.45) is 5.73 Å². The summed E-state index contributed by atoms with van der Waals surface area (Å²) in [5, 5.41) is 2.28. The lowest BCUT2D eigenvalue weighted by Gasteiger charge is -2.16. The van der Waals surface area contributed by atoms with Crippen LogP contribution in [0.2, 0.25) is 0 Å². The summed E-state index contributed by atoms with van der Waals surface area (Å²) in [5.41, 5.74) is 7.54. The van der Waals surface area contributed by atoms with Gasteiger partial charge in [-0.2, -0.15) is 5.01 Å². The Kier molecular flexibility index (Phi) is 2.83. The molecule has 1 fully saturated rings. The number of hydrogen-bond acceptors (Lipinski definition) is 3. The zero-order valence-corrected chi connectivity index (χ0v) is 10.5. The van der Waals surface area contributed by atoms with Gasteiger partial charge in [0.05, 0.1) is 5.52 Å². The number of amides is 2. The van der Waals surface area contributed by atoms with Gasteiger partial charge in [-0.25, -0.2) is 0 Å². The van der Waals surface area contributed by atoms with Crippen LogP contribution in [0.25, 0.3) is 10.9 Å². The summed E-state index contributed by atoms with van der Waals surface area (Å²) in [5.74, 6) is -0.296. The molecule has 0 spiro atoms. The topological polar surface area (TPSA) is 68.3 Å². The second-order valence-corrected chi connectivity index (χ2v) is 4.65. The summed E-state index contributed by atoms with van der Waals surface area (Å²) in [6, 6.07) is 7.74. The number of fused-ring (bicyclic) bond motifs is 1. The Labute approximate surface area is 110 Å². The molecule has 1 aliphatic rings. The highest BCUT2D eigenvalue weighted by Gasteiger charge is 2.31. The van der Waals surface area contributed by atoms with Gasteiger partial charge >= 0.3 is 0 Å². The van der Waals surface area contributed by atoms with E-state index in [0.717, 1.165) is 22.9 Å². The lowest BCUT2D eigenvalue weighted by atomic mass is 10.1.